The molecule has 4 nitrogen and oxygen atoms in total. The minimum atomic E-state index is -0.405. The summed E-state index contributed by atoms with van der Waals surface area (Å²) in [5.41, 5.74) is 0.818. The third-order valence-corrected chi connectivity index (χ3v) is 3.16. The lowest BCUT2D eigenvalue weighted by molar-refractivity contribution is -0.123. The standard InChI is InChI=1S/C16H24N2O2S/c1-16(2,3)18-14(19)9-10-17-15(20)13(21)11-12-7-5-4-6-8-12/h4-8,13,21H,9-11H2,1-3H3,(H,17,20)(H,18,19). The van der Waals surface area contributed by atoms with Crippen LogP contribution in [0.3, 0.4) is 0 Å². The fraction of sp³-hybridized carbons (Fsp3) is 0.500. The molecule has 0 spiro atoms. The first kappa shape index (κ1) is 17.6. The van der Waals surface area contributed by atoms with Gasteiger partial charge in [0.2, 0.25) is 11.8 Å². The van der Waals surface area contributed by atoms with Gasteiger partial charge in [-0.3, -0.25) is 9.59 Å². The lowest BCUT2D eigenvalue weighted by Gasteiger charge is -2.20. The summed E-state index contributed by atoms with van der Waals surface area (Å²) < 4.78 is 0. The Kier molecular flexibility index (Phi) is 6.75. The molecule has 1 rings (SSSR count). The minimum Gasteiger partial charge on any atom is -0.355 e. The molecule has 1 aromatic carbocycles. The second-order valence-electron chi connectivity index (χ2n) is 6.04. The maximum Gasteiger partial charge on any atom is 0.233 e. The summed E-state index contributed by atoms with van der Waals surface area (Å²) >= 11 is 4.32. The summed E-state index contributed by atoms with van der Waals surface area (Å²) in [4.78, 5) is 23.5. The molecule has 0 bridgehead atoms. The summed E-state index contributed by atoms with van der Waals surface area (Å²) in [5.74, 6) is -0.215. The molecule has 0 fully saturated rings. The second kappa shape index (κ2) is 8.08. The zero-order valence-corrected chi connectivity index (χ0v) is 13.7. The Morgan fingerprint density at radius 1 is 1.19 bits per heavy atom. The van der Waals surface area contributed by atoms with Gasteiger partial charge in [-0.2, -0.15) is 12.6 Å². The van der Waals surface area contributed by atoms with Gasteiger partial charge in [0.05, 0.1) is 5.25 Å². The minimum absolute atomic E-state index is 0.0680. The number of carbonyl (C=O) groups is 2. The van der Waals surface area contributed by atoms with E-state index in [2.05, 4.69) is 23.3 Å². The molecule has 0 saturated carbocycles. The number of rotatable bonds is 6. The van der Waals surface area contributed by atoms with Crippen molar-refractivity contribution in [1.29, 1.82) is 0 Å². The van der Waals surface area contributed by atoms with Crippen molar-refractivity contribution in [2.75, 3.05) is 6.54 Å². The van der Waals surface area contributed by atoms with Gasteiger partial charge in [0.15, 0.2) is 0 Å². The highest BCUT2D eigenvalue weighted by Gasteiger charge is 2.16. The van der Waals surface area contributed by atoms with E-state index in [0.29, 0.717) is 13.0 Å². The summed E-state index contributed by atoms with van der Waals surface area (Å²) in [5, 5.41) is 5.19. The SMILES string of the molecule is CC(C)(C)NC(=O)CCNC(=O)C(S)Cc1ccccc1. The quantitative estimate of drug-likeness (QED) is 0.704. The molecule has 0 saturated heterocycles. The largest absolute Gasteiger partial charge is 0.355 e. The molecule has 5 heteroatoms. The van der Waals surface area contributed by atoms with E-state index in [4.69, 9.17) is 0 Å². The fourth-order valence-electron chi connectivity index (χ4n) is 1.83. The van der Waals surface area contributed by atoms with Crippen molar-refractivity contribution < 1.29 is 9.59 Å². The zero-order valence-electron chi connectivity index (χ0n) is 12.8. The van der Waals surface area contributed by atoms with Gasteiger partial charge in [-0.05, 0) is 32.8 Å². The topological polar surface area (TPSA) is 58.2 Å². The Labute approximate surface area is 132 Å². The monoisotopic (exact) mass is 308 g/mol. The van der Waals surface area contributed by atoms with Gasteiger partial charge in [-0.1, -0.05) is 30.3 Å². The first-order chi connectivity index (χ1) is 9.78. The van der Waals surface area contributed by atoms with Crippen LogP contribution in [0.25, 0.3) is 0 Å². The molecule has 1 aromatic rings. The van der Waals surface area contributed by atoms with Crippen LogP contribution in [0.4, 0.5) is 0 Å². The highest BCUT2D eigenvalue weighted by atomic mass is 32.1. The maximum absolute atomic E-state index is 11.9. The number of amides is 2. The van der Waals surface area contributed by atoms with E-state index in [1.54, 1.807) is 0 Å². The van der Waals surface area contributed by atoms with Gasteiger partial charge in [-0.15, -0.1) is 0 Å². The van der Waals surface area contributed by atoms with E-state index in [0.717, 1.165) is 5.56 Å². The third-order valence-electron chi connectivity index (χ3n) is 2.74. The number of carbonyl (C=O) groups excluding carboxylic acids is 2. The summed E-state index contributed by atoms with van der Waals surface area (Å²) in [7, 11) is 0. The molecule has 0 aliphatic rings. The van der Waals surface area contributed by atoms with Crippen LogP contribution in [-0.2, 0) is 16.0 Å². The van der Waals surface area contributed by atoms with Crippen LogP contribution in [0, 0.1) is 0 Å². The summed E-state index contributed by atoms with van der Waals surface area (Å²) in [6, 6.07) is 9.74. The Hall–Kier alpha value is -1.49. The van der Waals surface area contributed by atoms with Crippen molar-refractivity contribution in [2.45, 2.75) is 44.4 Å². The van der Waals surface area contributed by atoms with E-state index in [9.17, 15) is 9.59 Å². The first-order valence-corrected chi connectivity index (χ1v) is 7.60. The van der Waals surface area contributed by atoms with Gasteiger partial charge in [-0.25, -0.2) is 0 Å². The molecule has 0 aliphatic carbocycles. The van der Waals surface area contributed by atoms with Crippen molar-refractivity contribution in [3.05, 3.63) is 35.9 Å². The number of hydrogen-bond donors (Lipinski definition) is 3. The van der Waals surface area contributed by atoms with E-state index < -0.39 is 5.25 Å². The molecule has 0 heterocycles. The van der Waals surface area contributed by atoms with E-state index in [1.807, 2.05) is 51.1 Å². The Bertz CT molecular complexity index is 469. The highest BCUT2D eigenvalue weighted by molar-refractivity contribution is 7.81. The van der Waals surface area contributed by atoms with Crippen molar-refractivity contribution in [3.8, 4) is 0 Å². The molecule has 0 radical (unpaired) electrons. The lowest BCUT2D eigenvalue weighted by atomic mass is 10.1. The van der Waals surface area contributed by atoms with Crippen LogP contribution in [0.2, 0.25) is 0 Å². The van der Waals surface area contributed by atoms with Crippen LogP contribution in [0.1, 0.15) is 32.8 Å². The predicted molar refractivity (Wildman–Crippen MR) is 88.4 cm³/mol. The Balaban J connectivity index is 2.29. The smallest absolute Gasteiger partial charge is 0.233 e. The van der Waals surface area contributed by atoms with Crippen LogP contribution in [0.5, 0.6) is 0 Å². The predicted octanol–water partition coefficient (Wildman–Crippen LogP) is 1.95. The molecule has 1 unspecified atom stereocenters. The van der Waals surface area contributed by atoms with Gasteiger partial charge in [0, 0.05) is 18.5 Å². The van der Waals surface area contributed by atoms with Crippen molar-refractivity contribution in [1.82, 2.24) is 10.6 Å². The van der Waals surface area contributed by atoms with Crippen molar-refractivity contribution >= 4 is 24.4 Å². The fourth-order valence-corrected chi connectivity index (χ4v) is 2.13. The molecule has 1 atom stereocenters. The van der Waals surface area contributed by atoms with E-state index >= 15 is 0 Å². The zero-order chi connectivity index (χ0) is 15.9. The molecule has 2 N–H and O–H groups in total. The van der Waals surface area contributed by atoms with Crippen LogP contribution >= 0.6 is 12.6 Å². The molecular weight excluding hydrogens is 284 g/mol. The van der Waals surface area contributed by atoms with Crippen molar-refractivity contribution in [3.63, 3.8) is 0 Å². The van der Waals surface area contributed by atoms with Gasteiger partial charge >= 0.3 is 0 Å². The summed E-state index contributed by atoms with van der Waals surface area (Å²) in [6.07, 6.45) is 0.846. The molecule has 21 heavy (non-hydrogen) atoms. The average molecular weight is 308 g/mol. The van der Waals surface area contributed by atoms with Gasteiger partial charge < -0.3 is 10.6 Å². The van der Waals surface area contributed by atoms with E-state index in [-0.39, 0.29) is 23.8 Å². The number of benzene rings is 1. The highest BCUT2D eigenvalue weighted by Crippen LogP contribution is 2.07. The molecule has 2 amide bonds. The second-order valence-corrected chi connectivity index (χ2v) is 6.67. The van der Waals surface area contributed by atoms with Crippen LogP contribution in [0.15, 0.2) is 30.3 Å². The maximum atomic E-state index is 11.9. The van der Waals surface area contributed by atoms with Gasteiger partial charge in [0.25, 0.3) is 0 Å². The van der Waals surface area contributed by atoms with Crippen LogP contribution < -0.4 is 10.6 Å². The molecule has 0 aromatic heterocycles. The Morgan fingerprint density at radius 2 is 1.81 bits per heavy atom. The Morgan fingerprint density at radius 3 is 2.38 bits per heavy atom. The third kappa shape index (κ3) is 7.75. The lowest BCUT2D eigenvalue weighted by Crippen LogP contribution is -2.42. The number of nitrogens with one attached hydrogen (secondary N) is 2. The van der Waals surface area contributed by atoms with Crippen molar-refractivity contribution in [2.24, 2.45) is 0 Å². The summed E-state index contributed by atoms with van der Waals surface area (Å²) in [6.45, 7) is 6.10. The van der Waals surface area contributed by atoms with Gasteiger partial charge in [0.1, 0.15) is 0 Å². The average Bonchev–Trinajstić information content (AvgIpc) is 2.37. The number of thiol groups is 1. The first-order valence-electron chi connectivity index (χ1n) is 7.08. The molecular formula is C16H24N2O2S. The van der Waals surface area contributed by atoms with E-state index in [1.165, 1.54) is 0 Å². The molecule has 0 aliphatic heterocycles. The number of hydrogen-bond acceptors (Lipinski definition) is 3. The van der Waals surface area contributed by atoms with Crippen LogP contribution in [-0.4, -0.2) is 29.1 Å². The normalized spacial score (nSPS) is 12.6. The molecule has 116 valence electrons.